The van der Waals surface area contributed by atoms with Gasteiger partial charge in [-0.2, -0.15) is 15.8 Å². The molecule has 5 nitrogen and oxygen atoms in total. The number of fused-ring (bicyclic) bond motifs is 6. The van der Waals surface area contributed by atoms with E-state index in [9.17, 15) is 15.8 Å². The van der Waals surface area contributed by atoms with Crippen molar-refractivity contribution in [2.75, 3.05) is 0 Å². The van der Waals surface area contributed by atoms with Crippen LogP contribution >= 0.6 is 0 Å². The molecule has 9 aromatic rings. The highest BCUT2D eigenvalue weighted by Crippen LogP contribution is 2.40. The minimum Gasteiger partial charge on any atom is -0.309 e. The molecule has 7 aromatic carbocycles. The van der Waals surface area contributed by atoms with E-state index in [0.717, 1.165) is 66.5 Å². The van der Waals surface area contributed by atoms with Gasteiger partial charge in [0.15, 0.2) is 0 Å². The maximum atomic E-state index is 10.4. The zero-order chi connectivity index (χ0) is 33.8. The number of hydrogen-bond acceptors (Lipinski definition) is 3. The molecular formula is C45H25N5. The van der Waals surface area contributed by atoms with Crippen molar-refractivity contribution in [2.24, 2.45) is 0 Å². The van der Waals surface area contributed by atoms with Gasteiger partial charge in [0, 0.05) is 38.4 Å². The van der Waals surface area contributed by atoms with Gasteiger partial charge in [0.1, 0.15) is 0 Å². The molecule has 0 aliphatic carbocycles. The van der Waals surface area contributed by atoms with Crippen LogP contribution < -0.4 is 0 Å². The largest absolute Gasteiger partial charge is 0.309 e. The molecule has 0 atom stereocenters. The quantitative estimate of drug-likeness (QED) is 0.193. The highest BCUT2D eigenvalue weighted by molar-refractivity contribution is 6.11. The summed E-state index contributed by atoms with van der Waals surface area (Å²) < 4.78 is 4.46. The summed E-state index contributed by atoms with van der Waals surface area (Å²) in [4.78, 5) is 0. The van der Waals surface area contributed by atoms with Crippen LogP contribution in [0.25, 0.3) is 77.2 Å². The Hall–Kier alpha value is -7.39. The summed E-state index contributed by atoms with van der Waals surface area (Å²) in [6.45, 7) is 0. The normalized spacial score (nSPS) is 11.1. The first-order chi connectivity index (χ1) is 24.7. The van der Waals surface area contributed by atoms with E-state index in [1.165, 1.54) is 10.8 Å². The minimum absolute atomic E-state index is 0.499. The molecule has 2 aromatic heterocycles. The molecular weight excluding hydrogens is 611 g/mol. The molecule has 0 amide bonds. The van der Waals surface area contributed by atoms with Gasteiger partial charge in [-0.1, -0.05) is 72.8 Å². The van der Waals surface area contributed by atoms with E-state index in [1.54, 1.807) is 0 Å². The average molecular weight is 636 g/mol. The van der Waals surface area contributed by atoms with Crippen molar-refractivity contribution in [3.05, 3.63) is 168 Å². The highest BCUT2D eigenvalue weighted by Gasteiger charge is 2.19. The van der Waals surface area contributed by atoms with Crippen molar-refractivity contribution in [1.29, 1.82) is 15.8 Å². The third-order valence-corrected chi connectivity index (χ3v) is 9.62. The number of para-hydroxylation sites is 3. The highest BCUT2D eigenvalue weighted by atomic mass is 15.0. The molecule has 50 heavy (non-hydrogen) atoms. The van der Waals surface area contributed by atoms with E-state index < -0.39 is 0 Å². The second kappa shape index (κ2) is 11.4. The predicted molar refractivity (Wildman–Crippen MR) is 200 cm³/mol. The van der Waals surface area contributed by atoms with Crippen LogP contribution in [0.3, 0.4) is 0 Å². The molecule has 0 unspecified atom stereocenters. The Labute approximate surface area is 287 Å². The van der Waals surface area contributed by atoms with Crippen LogP contribution in [0.15, 0.2) is 152 Å². The van der Waals surface area contributed by atoms with Crippen LogP contribution in [-0.2, 0) is 0 Å². The monoisotopic (exact) mass is 635 g/mol. The molecule has 0 spiro atoms. The number of hydrogen-bond donors (Lipinski definition) is 0. The number of rotatable bonds is 4. The van der Waals surface area contributed by atoms with Gasteiger partial charge in [0.05, 0.1) is 62.7 Å². The summed E-state index contributed by atoms with van der Waals surface area (Å²) in [5.74, 6) is 0. The van der Waals surface area contributed by atoms with E-state index in [4.69, 9.17) is 0 Å². The first-order valence-corrected chi connectivity index (χ1v) is 16.3. The third-order valence-electron chi connectivity index (χ3n) is 9.62. The number of benzene rings is 7. The summed E-state index contributed by atoms with van der Waals surface area (Å²) in [7, 11) is 0. The van der Waals surface area contributed by atoms with Gasteiger partial charge in [0.2, 0.25) is 0 Å². The van der Waals surface area contributed by atoms with Crippen molar-refractivity contribution >= 4 is 43.6 Å². The lowest BCUT2D eigenvalue weighted by molar-refractivity contribution is 1.18. The molecule has 0 radical (unpaired) electrons. The Morgan fingerprint density at radius 3 is 1.64 bits per heavy atom. The van der Waals surface area contributed by atoms with Crippen LogP contribution in [0.2, 0.25) is 0 Å². The fourth-order valence-electron chi connectivity index (χ4n) is 7.39. The Kier molecular flexibility index (Phi) is 6.56. The molecule has 0 fully saturated rings. The molecule has 0 N–H and O–H groups in total. The maximum absolute atomic E-state index is 10.4. The molecule has 230 valence electrons. The second-order valence-corrected chi connectivity index (χ2v) is 12.3. The van der Waals surface area contributed by atoms with Gasteiger partial charge in [-0.25, -0.2) is 0 Å². The number of aromatic nitrogens is 2. The van der Waals surface area contributed by atoms with E-state index >= 15 is 0 Å². The number of nitrogens with zero attached hydrogens (tertiary/aromatic N) is 5. The Morgan fingerprint density at radius 1 is 0.380 bits per heavy atom. The summed E-state index contributed by atoms with van der Waals surface area (Å²) in [6.07, 6.45) is 0. The minimum atomic E-state index is 0.499. The van der Waals surface area contributed by atoms with Crippen LogP contribution in [0.1, 0.15) is 16.7 Å². The van der Waals surface area contributed by atoms with E-state index in [1.807, 2.05) is 60.7 Å². The lowest BCUT2D eigenvalue weighted by Crippen LogP contribution is -1.99. The van der Waals surface area contributed by atoms with Crippen molar-refractivity contribution in [3.8, 4) is 51.8 Å². The molecule has 0 aliphatic rings. The van der Waals surface area contributed by atoms with Gasteiger partial charge < -0.3 is 9.13 Å². The van der Waals surface area contributed by atoms with Crippen molar-refractivity contribution < 1.29 is 0 Å². The Morgan fingerprint density at radius 2 is 0.960 bits per heavy atom. The van der Waals surface area contributed by atoms with Crippen LogP contribution in [0, 0.1) is 34.0 Å². The third kappa shape index (κ3) is 4.38. The molecule has 9 rings (SSSR count). The lowest BCUT2D eigenvalue weighted by atomic mass is 9.92. The predicted octanol–water partition coefficient (Wildman–Crippen LogP) is 10.8. The molecule has 0 bridgehead atoms. The smallest absolute Gasteiger partial charge is 0.0998 e. The summed E-state index contributed by atoms with van der Waals surface area (Å²) in [5, 5.41) is 34.5. The van der Waals surface area contributed by atoms with Crippen molar-refractivity contribution in [2.45, 2.75) is 0 Å². The van der Waals surface area contributed by atoms with Gasteiger partial charge >= 0.3 is 0 Å². The van der Waals surface area contributed by atoms with E-state index in [2.05, 4.69) is 118 Å². The van der Waals surface area contributed by atoms with E-state index in [0.29, 0.717) is 16.7 Å². The van der Waals surface area contributed by atoms with Gasteiger partial charge in [-0.15, -0.1) is 0 Å². The Bertz CT molecular complexity index is 2920. The zero-order valence-corrected chi connectivity index (χ0v) is 26.7. The summed E-state index contributed by atoms with van der Waals surface area (Å²) >= 11 is 0. The van der Waals surface area contributed by atoms with Crippen LogP contribution in [0.4, 0.5) is 0 Å². The molecule has 0 saturated heterocycles. The fourth-order valence-corrected chi connectivity index (χ4v) is 7.39. The summed E-state index contributed by atoms with van der Waals surface area (Å²) in [5.41, 5.74) is 11.1. The van der Waals surface area contributed by atoms with Crippen LogP contribution in [-0.4, -0.2) is 9.13 Å². The number of nitriles is 3. The summed E-state index contributed by atoms with van der Waals surface area (Å²) in [6, 6.07) is 57.8. The van der Waals surface area contributed by atoms with Crippen molar-refractivity contribution in [1.82, 2.24) is 9.13 Å². The van der Waals surface area contributed by atoms with Crippen LogP contribution in [0.5, 0.6) is 0 Å². The van der Waals surface area contributed by atoms with E-state index in [-0.39, 0.29) is 0 Å². The molecule has 5 heteroatoms. The Balaban J connectivity index is 1.26. The second-order valence-electron chi connectivity index (χ2n) is 12.3. The average Bonchev–Trinajstić information content (AvgIpc) is 3.70. The molecule has 2 heterocycles. The van der Waals surface area contributed by atoms with Crippen molar-refractivity contribution in [3.63, 3.8) is 0 Å². The SMILES string of the molecule is N#Cc1ccc(-n2c3ccccc3c3cc(C#N)ccc32)c(-c2cc(-c3cccc(-n4c5ccccc5c5ccccc54)c3)ccc2C#N)c1. The standard InChI is InChI=1S/C45H25N5/c46-26-29-16-20-44-39(22-29)37-12-3-6-15-43(37)50(44)45-21-17-30(27-47)23-40(45)38-25-32(18-19-33(38)28-48)31-8-7-9-34(24-31)49-41-13-4-1-10-35(41)36-11-2-5-14-42(36)49/h1-25H. The van der Waals surface area contributed by atoms with Gasteiger partial charge in [-0.05, 0) is 90.0 Å². The fraction of sp³-hybridized carbons (Fsp3) is 0. The zero-order valence-electron chi connectivity index (χ0n) is 26.7. The molecule has 0 aliphatic heterocycles. The first-order valence-electron chi connectivity index (χ1n) is 16.3. The van der Waals surface area contributed by atoms with Gasteiger partial charge in [-0.3, -0.25) is 0 Å². The first kappa shape index (κ1) is 28.8. The topological polar surface area (TPSA) is 81.2 Å². The van der Waals surface area contributed by atoms with Gasteiger partial charge in [0.25, 0.3) is 0 Å². The maximum Gasteiger partial charge on any atom is 0.0998 e. The lowest BCUT2D eigenvalue weighted by Gasteiger charge is -2.17. The molecule has 0 saturated carbocycles.